The van der Waals surface area contributed by atoms with E-state index in [4.69, 9.17) is 4.74 Å². The summed E-state index contributed by atoms with van der Waals surface area (Å²) in [4.78, 5) is 11.8. The van der Waals surface area contributed by atoms with Gasteiger partial charge in [0.2, 0.25) is 0 Å². The van der Waals surface area contributed by atoms with Gasteiger partial charge in [0.05, 0.1) is 6.42 Å². The van der Waals surface area contributed by atoms with Crippen LogP contribution < -0.4 is 0 Å². The van der Waals surface area contributed by atoms with Gasteiger partial charge in [-0.15, -0.1) is 0 Å². The number of hydrogen-bond acceptors (Lipinski definition) is 2. The lowest BCUT2D eigenvalue weighted by molar-refractivity contribution is -0.164. The smallest absolute Gasteiger partial charge is 0.306 e. The highest BCUT2D eigenvalue weighted by Gasteiger charge is 2.62. The molecule has 1 heterocycles. The Labute approximate surface area is 110 Å². The molecule has 0 aromatic rings. The minimum Gasteiger partial charge on any atom is -0.459 e. The van der Waals surface area contributed by atoms with Crippen molar-refractivity contribution in [3.8, 4) is 0 Å². The van der Waals surface area contributed by atoms with E-state index in [0.717, 1.165) is 12.3 Å². The fourth-order valence-electron chi connectivity index (χ4n) is 5.65. The zero-order chi connectivity index (χ0) is 13.2. The Balaban J connectivity index is 2.00. The molecule has 2 heteroatoms. The molecular formula is C16H26O2. The third-order valence-electron chi connectivity index (χ3n) is 6.46. The van der Waals surface area contributed by atoms with Crippen molar-refractivity contribution in [2.45, 2.75) is 71.8 Å². The largest absolute Gasteiger partial charge is 0.459 e. The molecule has 18 heavy (non-hydrogen) atoms. The van der Waals surface area contributed by atoms with Crippen molar-refractivity contribution in [2.24, 2.45) is 22.7 Å². The second-order valence-electron chi connectivity index (χ2n) is 7.98. The first kappa shape index (κ1) is 12.5. The van der Waals surface area contributed by atoms with E-state index in [1.807, 2.05) is 0 Å². The van der Waals surface area contributed by atoms with Crippen LogP contribution in [0.2, 0.25) is 0 Å². The maximum atomic E-state index is 11.8. The molecule has 1 saturated heterocycles. The summed E-state index contributed by atoms with van der Waals surface area (Å²) in [6.45, 7) is 9.46. The Kier molecular flexibility index (Phi) is 2.44. The van der Waals surface area contributed by atoms with E-state index in [1.54, 1.807) is 0 Å². The van der Waals surface area contributed by atoms with Gasteiger partial charge in [-0.1, -0.05) is 27.2 Å². The highest BCUT2D eigenvalue weighted by atomic mass is 16.6. The quantitative estimate of drug-likeness (QED) is 0.609. The van der Waals surface area contributed by atoms with E-state index in [-0.39, 0.29) is 11.6 Å². The highest BCUT2D eigenvalue weighted by molar-refractivity contribution is 5.73. The summed E-state index contributed by atoms with van der Waals surface area (Å²) < 4.78 is 5.70. The maximum absolute atomic E-state index is 11.8. The molecule has 3 fully saturated rings. The van der Waals surface area contributed by atoms with Crippen molar-refractivity contribution in [3.63, 3.8) is 0 Å². The summed E-state index contributed by atoms with van der Waals surface area (Å²) in [6, 6.07) is 0. The van der Waals surface area contributed by atoms with Crippen LogP contribution in [0.25, 0.3) is 0 Å². The van der Waals surface area contributed by atoms with Crippen molar-refractivity contribution in [2.75, 3.05) is 0 Å². The van der Waals surface area contributed by atoms with Crippen molar-refractivity contribution in [1.29, 1.82) is 0 Å². The Morgan fingerprint density at radius 2 is 1.78 bits per heavy atom. The van der Waals surface area contributed by atoms with Crippen LogP contribution in [0.1, 0.15) is 66.2 Å². The predicted octanol–water partition coefficient (Wildman–Crippen LogP) is 3.93. The molecule has 2 saturated carbocycles. The van der Waals surface area contributed by atoms with Gasteiger partial charge in [0.1, 0.15) is 5.60 Å². The van der Waals surface area contributed by atoms with E-state index in [0.29, 0.717) is 23.2 Å². The van der Waals surface area contributed by atoms with E-state index in [1.165, 1.54) is 25.7 Å². The molecule has 4 atom stereocenters. The lowest BCUT2D eigenvalue weighted by Crippen LogP contribution is -2.55. The fourth-order valence-corrected chi connectivity index (χ4v) is 5.65. The molecule has 2 nitrogen and oxygen atoms in total. The highest BCUT2D eigenvalue weighted by Crippen LogP contribution is 2.64. The molecule has 0 N–H and O–H groups in total. The minimum absolute atomic E-state index is 0.0350. The normalized spacial score (nSPS) is 50.3. The molecule has 3 rings (SSSR count). The monoisotopic (exact) mass is 250 g/mol. The molecule has 0 aromatic heterocycles. The third-order valence-corrected chi connectivity index (χ3v) is 6.46. The lowest BCUT2D eigenvalue weighted by atomic mass is 9.45. The van der Waals surface area contributed by atoms with Crippen molar-refractivity contribution < 1.29 is 9.53 Å². The van der Waals surface area contributed by atoms with Crippen LogP contribution in [-0.4, -0.2) is 11.6 Å². The Bertz CT molecular complexity index is 387. The molecule has 0 radical (unpaired) electrons. The van der Waals surface area contributed by atoms with Crippen LogP contribution in [0.15, 0.2) is 0 Å². The molecule has 0 aromatic carbocycles. The first-order valence-corrected chi connectivity index (χ1v) is 7.50. The van der Waals surface area contributed by atoms with Gasteiger partial charge < -0.3 is 4.74 Å². The first-order chi connectivity index (χ1) is 8.28. The van der Waals surface area contributed by atoms with Gasteiger partial charge in [-0.25, -0.2) is 0 Å². The van der Waals surface area contributed by atoms with Gasteiger partial charge >= 0.3 is 5.97 Å². The summed E-state index contributed by atoms with van der Waals surface area (Å²) in [5.41, 5.74) is 0.566. The van der Waals surface area contributed by atoms with E-state index < -0.39 is 0 Å². The van der Waals surface area contributed by atoms with Crippen molar-refractivity contribution in [3.05, 3.63) is 0 Å². The average Bonchev–Trinajstić information content (AvgIpc) is 2.53. The van der Waals surface area contributed by atoms with Gasteiger partial charge in [0.15, 0.2) is 0 Å². The molecule has 1 aliphatic heterocycles. The fraction of sp³-hybridized carbons (Fsp3) is 0.938. The zero-order valence-electron chi connectivity index (χ0n) is 12.2. The van der Waals surface area contributed by atoms with Crippen molar-refractivity contribution in [1.82, 2.24) is 0 Å². The van der Waals surface area contributed by atoms with Gasteiger partial charge in [0, 0.05) is 5.92 Å². The number of fused-ring (bicyclic) bond motifs is 3. The SMILES string of the molecule is CC1(C)CCC[C@@]2(C)[C@H]1CC[C@@]1(C)OC(=O)C[C@@H]21. The number of esters is 1. The summed E-state index contributed by atoms with van der Waals surface area (Å²) in [6.07, 6.45) is 6.86. The maximum Gasteiger partial charge on any atom is 0.306 e. The standard InChI is InChI=1S/C16H26O2/c1-14(2)7-5-8-15(3)11(14)6-9-16(4)12(15)10-13(17)18-16/h11-12H,5-10H2,1-4H3/t11-,12-,15-,16+/m0/s1. The molecule has 0 unspecified atom stereocenters. The minimum atomic E-state index is -0.171. The Morgan fingerprint density at radius 3 is 2.50 bits per heavy atom. The van der Waals surface area contributed by atoms with Gasteiger partial charge in [0.25, 0.3) is 0 Å². The van der Waals surface area contributed by atoms with Crippen LogP contribution in [0, 0.1) is 22.7 Å². The molecule has 0 spiro atoms. The molecule has 3 aliphatic rings. The third kappa shape index (κ3) is 1.50. The van der Waals surface area contributed by atoms with Crippen LogP contribution in [0.4, 0.5) is 0 Å². The predicted molar refractivity (Wildman–Crippen MR) is 71.1 cm³/mol. The number of hydrogen-bond donors (Lipinski definition) is 0. The number of rotatable bonds is 0. The molecule has 0 bridgehead atoms. The molecular weight excluding hydrogens is 224 g/mol. The van der Waals surface area contributed by atoms with E-state index in [9.17, 15) is 4.79 Å². The molecule has 0 amide bonds. The van der Waals surface area contributed by atoms with E-state index >= 15 is 0 Å². The van der Waals surface area contributed by atoms with Crippen LogP contribution >= 0.6 is 0 Å². The summed E-state index contributed by atoms with van der Waals surface area (Å²) in [5.74, 6) is 1.23. The number of carbonyl (C=O) groups is 1. The Hall–Kier alpha value is -0.530. The number of carbonyl (C=O) groups excluding carboxylic acids is 1. The lowest BCUT2D eigenvalue weighted by Gasteiger charge is -2.59. The zero-order valence-corrected chi connectivity index (χ0v) is 12.2. The summed E-state index contributed by atoms with van der Waals surface area (Å²) in [7, 11) is 0. The summed E-state index contributed by atoms with van der Waals surface area (Å²) in [5, 5.41) is 0. The van der Waals surface area contributed by atoms with Gasteiger partial charge in [-0.3, -0.25) is 4.79 Å². The Morgan fingerprint density at radius 1 is 1.06 bits per heavy atom. The average molecular weight is 250 g/mol. The van der Waals surface area contributed by atoms with Crippen LogP contribution in [-0.2, 0) is 9.53 Å². The second-order valence-corrected chi connectivity index (χ2v) is 7.98. The van der Waals surface area contributed by atoms with E-state index in [2.05, 4.69) is 27.7 Å². The molecule has 102 valence electrons. The van der Waals surface area contributed by atoms with Crippen LogP contribution in [0.3, 0.4) is 0 Å². The van der Waals surface area contributed by atoms with Crippen LogP contribution in [0.5, 0.6) is 0 Å². The van der Waals surface area contributed by atoms with Gasteiger partial charge in [-0.2, -0.15) is 0 Å². The van der Waals surface area contributed by atoms with Crippen molar-refractivity contribution >= 4 is 5.97 Å². The first-order valence-electron chi connectivity index (χ1n) is 7.50. The number of ether oxygens (including phenoxy) is 1. The molecule has 2 aliphatic carbocycles. The second kappa shape index (κ2) is 3.52. The van der Waals surface area contributed by atoms with Gasteiger partial charge in [-0.05, 0) is 49.4 Å². The topological polar surface area (TPSA) is 26.3 Å². The summed E-state index contributed by atoms with van der Waals surface area (Å²) >= 11 is 0.